The van der Waals surface area contributed by atoms with Crippen molar-refractivity contribution >= 4 is 28.5 Å². The smallest absolute Gasteiger partial charge is 0.284 e. The molecule has 0 bridgehead atoms. The lowest BCUT2D eigenvalue weighted by Gasteiger charge is -2.03. The van der Waals surface area contributed by atoms with Gasteiger partial charge in [0.05, 0.1) is 37.8 Å². The molecule has 30 heavy (non-hydrogen) atoms. The fraction of sp³-hybridized carbons (Fsp3) is 0. The third-order valence-electron chi connectivity index (χ3n) is 4.59. The van der Waals surface area contributed by atoms with Crippen molar-refractivity contribution in [2.24, 2.45) is 4.99 Å². The number of hydrogen-bond acceptors (Lipinski definition) is 8. The zero-order chi connectivity index (χ0) is 21.6. The average Bonchev–Trinajstić information content (AvgIpc) is 3.01. The minimum atomic E-state index is -0.753. The Hall–Kier alpha value is -4.67. The van der Waals surface area contributed by atoms with E-state index in [4.69, 9.17) is 0 Å². The van der Waals surface area contributed by atoms with Gasteiger partial charge in [-0.25, -0.2) is 4.99 Å². The molecule has 11 nitrogen and oxygen atoms in total. The van der Waals surface area contributed by atoms with Crippen molar-refractivity contribution in [2.75, 3.05) is 0 Å². The third-order valence-corrected chi connectivity index (χ3v) is 4.59. The van der Waals surface area contributed by atoms with E-state index in [1.165, 1.54) is 42.5 Å². The maximum atomic E-state index is 11.6. The van der Waals surface area contributed by atoms with E-state index in [0.717, 1.165) is 12.1 Å². The van der Waals surface area contributed by atoms with Crippen molar-refractivity contribution in [3.63, 3.8) is 0 Å². The van der Waals surface area contributed by atoms with Gasteiger partial charge in [0.1, 0.15) is 5.75 Å². The molecule has 0 unspecified atom stereocenters. The first kappa shape index (κ1) is 18.7. The minimum absolute atomic E-state index is 0.00640. The van der Waals surface area contributed by atoms with Gasteiger partial charge in [0, 0.05) is 29.3 Å². The van der Waals surface area contributed by atoms with Gasteiger partial charge in [0.15, 0.2) is 0 Å². The highest BCUT2D eigenvalue weighted by molar-refractivity contribution is 6.27. The zero-order valence-corrected chi connectivity index (χ0v) is 14.9. The molecule has 1 aliphatic rings. The van der Waals surface area contributed by atoms with E-state index >= 15 is 0 Å². The van der Waals surface area contributed by atoms with Crippen molar-refractivity contribution in [3.8, 4) is 16.9 Å². The van der Waals surface area contributed by atoms with Gasteiger partial charge in [-0.05, 0) is 35.9 Å². The number of fused-ring (bicyclic) bond motifs is 3. The Kier molecular flexibility index (Phi) is 4.20. The molecule has 3 aromatic carbocycles. The van der Waals surface area contributed by atoms with Gasteiger partial charge in [0.2, 0.25) is 0 Å². The summed E-state index contributed by atoms with van der Waals surface area (Å²) in [5.74, 6) is -0.00640. The maximum Gasteiger partial charge on any atom is 0.284 e. The Bertz CT molecular complexity index is 1280. The van der Waals surface area contributed by atoms with Gasteiger partial charge in [-0.3, -0.25) is 30.3 Å². The number of aliphatic imine (C=N–C) groups is 1. The van der Waals surface area contributed by atoms with E-state index in [9.17, 15) is 35.4 Å². The van der Waals surface area contributed by atoms with Crippen LogP contribution in [0, 0.1) is 30.3 Å². The van der Waals surface area contributed by atoms with Crippen LogP contribution in [-0.2, 0) is 0 Å². The Morgan fingerprint density at radius 3 is 1.93 bits per heavy atom. The summed E-state index contributed by atoms with van der Waals surface area (Å²) in [6.07, 6.45) is 0. The van der Waals surface area contributed by atoms with Crippen molar-refractivity contribution in [2.45, 2.75) is 0 Å². The van der Waals surface area contributed by atoms with E-state index in [1.54, 1.807) is 0 Å². The SMILES string of the molecule is O=[N+]([O-])c1ccc2c(c1)C(=Nc1ccc(O)cc1)c1cc([N+](=O)[O-])cc([N+](=O)[O-])c1-2. The second-order valence-electron chi connectivity index (χ2n) is 6.37. The van der Waals surface area contributed by atoms with Crippen LogP contribution in [0.4, 0.5) is 22.7 Å². The van der Waals surface area contributed by atoms with Crippen LogP contribution in [0.5, 0.6) is 5.75 Å². The highest BCUT2D eigenvalue weighted by atomic mass is 16.6. The van der Waals surface area contributed by atoms with Crippen LogP contribution in [-0.4, -0.2) is 25.6 Å². The van der Waals surface area contributed by atoms with Gasteiger partial charge in [-0.15, -0.1) is 0 Å². The predicted octanol–water partition coefficient (Wildman–Crippen LogP) is 4.27. The van der Waals surface area contributed by atoms with Crippen molar-refractivity contribution in [1.82, 2.24) is 0 Å². The number of non-ortho nitro benzene ring substituents is 2. The molecule has 0 amide bonds. The van der Waals surface area contributed by atoms with E-state index in [-0.39, 0.29) is 33.8 Å². The molecule has 0 fully saturated rings. The Balaban J connectivity index is 2.07. The van der Waals surface area contributed by atoms with Crippen molar-refractivity contribution in [3.05, 3.63) is 96.1 Å². The van der Waals surface area contributed by atoms with E-state index in [0.29, 0.717) is 11.3 Å². The van der Waals surface area contributed by atoms with Crippen LogP contribution in [0.15, 0.2) is 59.6 Å². The number of hydrogen-bond donors (Lipinski definition) is 1. The summed E-state index contributed by atoms with van der Waals surface area (Å²) in [6.45, 7) is 0. The number of nitrogens with zero attached hydrogens (tertiary/aromatic N) is 4. The molecule has 0 saturated heterocycles. The van der Waals surface area contributed by atoms with E-state index < -0.39 is 26.1 Å². The standard InChI is InChI=1S/C19H10N4O7/c24-13-4-1-10(2-5-13)20-19-15-7-11(21(25)26)3-6-14(15)18-16(19)8-12(22(27)28)9-17(18)23(29)30/h1-9,24H. The van der Waals surface area contributed by atoms with Crippen LogP contribution >= 0.6 is 0 Å². The molecule has 3 aromatic rings. The lowest BCUT2D eigenvalue weighted by atomic mass is 10.0. The molecule has 0 aromatic heterocycles. The van der Waals surface area contributed by atoms with Crippen molar-refractivity contribution < 1.29 is 19.9 Å². The molecule has 148 valence electrons. The molecular formula is C19H10N4O7. The molecule has 1 N–H and O–H groups in total. The number of nitro groups is 3. The third kappa shape index (κ3) is 2.99. The molecule has 0 heterocycles. The summed E-state index contributed by atoms with van der Waals surface area (Å²) >= 11 is 0. The van der Waals surface area contributed by atoms with Gasteiger partial charge in [-0.1, -0.05) is 0 Å². The summed E-state index contributed by atoms with van der Waals surface area (Å²) in [7, 11) is 0. The van der Waals surface area contributed by atoms with Crippen LogP contribution in [0.2, 0.25) is 0 Å². The van der Waals surface area contributed by atoms with Crippen LogP contribution in [0.3, 0.4) is 0 Å². The predicted molar refractivity (Wildman–Crippen MR) is 105 cm³/mol. The van der Waals surface area contributed by atoms with Crippen LogP contribution in [0.25, 0.3) is 11.1 Å². The lowest BCUT2D eigenvalue weighted by molar-refractivity contribution is -0.393. The van der Waals surface area contributed by atoms with E-state index in [2.05, 4.69) is 4.99 Å². The molecular weight excluding hydrogens is 396 g/mol. The summed E-state index contributed by atoms with van der Waals surface area (Å²) in [5, 5.41) is 43.6. The average molecular weight is 406 g/mol. The summed E-state index contributed by atoms with van der Waals surface area (Å²) in [6, 6.07) is 11.5. The molecule has 0 radical (unpaired) electrons. The number of phenolic OH excluding ortho intramolecular Hbond substituents is 1. The normalized spacial score (nSPS) is 13.0. The fourth-order valence-corrected chi connectivity index (χ4v) is 3.31. The largest absolute Gasteiger partial charge is 0.508 e. The first-order valence-corrected chi connectivity index (χ1v) is 8.40. The molecule has 0 atom stereocenters. The number of nitro benzene ring substituents is 3. The monoisotopic (exact) mass is 406 g/mol. The highest BCUT2D eigenvalue weighted by Gasteiger charge is 2.35. The number of rotatable bonds is 4. The second-order valence-corrected chi connectivity index (χ2v) is 6.37. The number of phenols is 1. The Morgan fingerprint density at radius 2 is 1.33 bits per heavy atom. The molecule has 4 rings (SSSR count). The summed E-state index contributed by atoms with van der Waals surface area (Å²) < 4.78 is 0. The fourth-order valence-electron chi connectivity index (χ4n) is 3.31. The summed E-state index contributed by atoms with van der Waals surface area (Å²) in [4.78, 5) is 36.5. The second kappa shape index (κ2) is 6.74. The summed E-state index contributed by atoms with van der Waals surface area (Å²) in [5.41, 5.74) is 0.0186. The minimum Gasteiger partial charge on any atom is -0.508 e. The lowest BCUT2D eigenvalue weighted by Crippen LogP contribution is -2.01. The van der Waals surface area contributed by atoms with Gasteiger partial charge >= 0.3 is 0 Å². The molecule has 0 spiro atoms. The van der Waals surface area contributed by atoms with E-state index in [1.807, 2.05) is 0 Å². The number of aromatic hydroxyl groups is 1. The molecule has 0 aliphatic heterocycles. The first-order valence-electron chi connectivity index (χ1n) is 8.40. The highest BCUT2D eigenvalue weighted by Crippen LogP contribution is 2.46. The number of benzene rings is 3. The Labute approximate surface area is 167 Å². The van der Waals surface area contributed by atoms with Crippen LogP contribution < -0.4 is 0 Å². The van der Waals surface area contributed by atoms with Crippen LogP contribution in [0.1, 0.15) is 11.1 Å². The topological polar surface area (TPSA) is 162 Å². The van der Waals surface area contributed by atoms with Crippen molar-refractivity contribution in [1.29, 1.82) is 0 Å². The first-order chi connectivity index (χ1) is 14.3. The maximum absolute atomic E-state index is 11.6. The molecule has 0 saturated carbocycles. The molecule has 11 heteroatoms. The van der Waals surface area contributed by atoms with Gasteiger partial charge < -0.3 is 5.11 Å². The zero-order valence-electron chi connectivity index (χ0n) is 14.9. The Morgan fingerprint density at radius 1 is 0.700 bits per heavy atom. The van der Waals surface area contributed by atoms with Gasteiger partial charge in [0.25, 0.3) is 17.1 Å². The molecule has 1 aliphatic carbocycles. The quantitative estimate of drug-likeness (QED) is 0.391. The van der Waals surface area contributed by atoms with Gasteiger partial charge in [-0.2, -0.15) is 0 Å².